The van der Waals surface area contributed by atoms with E-state index in [1.54, 1.807) is 0 Å². The quantitative estimate of drug-likeness (QED) is 0.817. The Kier molecular flexibility index (Phi) is 5.86. The molecule has 0 saturated carbocycles. The maximum Gasteiger partial charge on any atom is 0.406 e. The lowest BCUT2D eigenvalue weighted by atomic mass is 9.82. The van der Waals surface area contributed by atoms with Gasteiger partial charge in [-0.25, -0.2) is 0 Å². The number of rotatable bonds is 6. The fraction of sp³-hybridized carbons (Fsp3) is 0.929. The number of halogens is 3. The van der Waals surface area contributed by atoms with Gasteiger partial charge in [0.05, 0.1) is 5.41 Å². The highest BCUT2D eigenvalue weighted by atomic mass is 19.4. The van der Waals surface area contributed by atoms with Gasteiger partial charge in [-0.2, -0.15) is 13.2 Å². The molecule has 1 heterocycles. The Morgan fingerprint density at radius 1 is 1.30 bits per heavy atom. The molecule has 0 aliphatic carbocycles. The molecule has 1 amide bonds. The van der Waals surface area contributed by atoms with Gasteiger partial charge in [-0.3, -0.25) is 4.79 Å². The standard InChI is InChI=1S/C14H25F3N2O/c1-4-11(5-2)19(10-14(15,16)17)12(20)13(6-3)7-8-18-9-13/h11,18H,4-10H2,1-3H3. The van der Waals surface area contributed by atoms with E-state index in [9.17, 15) is 18.0 Å². The van der Waals surface area contributed by atoms with Crippen LogP contribution in [0.5, 0.6) is 0 Å². The van der Waals surface area contributed by atoms with Gasteiger partial charge in [0, 0.05) is 12.6 Å². The second-order valence-corrected chi connectivity index (χ2v) is 5.58. The second kappa shape index (κ2) is 6.78. The van der Waals surface area contributed by atoms with E-state index in [-0.39, 0.29) is 11.9 Å². The monoisotopic (exact) mass is 294 g/mol. The van der Waals surface area contributed by atoms with Gasteiger partial charge in [0.2, 0.25) is 5.91 Å². The molecule has 1 N–H and O–H groups in total. The van der Waals surface area contributed by atoms with E-state index in [0.717, 1.165) is 4.90 Å². The Morgan fingerprint density at radius 2 is 1.90 bits per heavy atom. The van der Waals surface area contributed by atoms with E-state index in [2.05, 4.69) is 5.32 Å². The molecular weight excluding hydrogens is 269 g/mol. The van der Waals surface area contributed by atoms with Crippen LogP contribution in [0, 0.1) is 5.41 Å². The van der Waals surface area contributed by atoms with E-state index in [4.69, 9.17) is 0 Å². The number of nitrogens with one attached hydrogen (secondary N) is 1. The Balaban J connectivity index is 2.99. The zero-order valence-electron chi connectivity index (χ0n) is 12.5. The summed E-state index contributed by atoms with van der Waals surface area (Å²) in [6.07, 6.45) is -2.06. The minimum absolute atomic E-state index is 0.337. The highest BCUT2D eigenvalue weighted by Crippen LogP contribution is 2.34. The molecule has 118 valence electrons. The summed E-state index contributed by atoms with van der Waals surface area (Å²) in [6.45, 7) is 5.58. The number of hydrogen-bond donors (Lipinski definition) is 1. The average molecular weight is 294 g/mol. The van der Waals surface area contributed by atoms with Gasteiger partial charge >= 0.3 is 6.18 Å². The van der Waals surface area contributed by atoms with Crippen molar-refractivity contribution in [2.45, 2.75) is 58.7 Å². The van der Waals surface area contributed by atoms with E-state index in [1.165, 1.54) is 0 Å². The average Bonchev–Trinajstić information content (AvgIpc) is 2.86. The predicted octanol–water partition coefficient (Wildman–Crippen LogP) is 2.96. The molecule has 0 aromatic rings. The first-order valence-electron chi connectivity index (χ1n) is 7.38. The molecule has 6 heteroatoms. The fourth-order valence-corrected chi connectivity index (χ4v) is 2.97. The van der Waals surface area contributed by atoms with Crippen molar-refractivity contribution in [3.05, 3.63) is 0 Å². The van der Waals surface area contributed by atoms with Crippen LogP contribution in [-0.2, 0) is 4.79 Å². The molecule has 3 nitrogen and oxygen atoms in total. The van der Waals surface area contributed by atoms with Crippen LogP contribution in [0.2, 0.25) is 0 Å². The lowest BCUT2D eigenvalue weighted by Crippen LogP contribution is -2.52. The van der Waals surface area contributed by atoms with Crippen LogP contribution in [0.3, 0.4) is 0 Å². The molecule has 1 rings (SSSR count). The van der Waals surface area contributed by atoms with Crippen molar-refractivity contribution in [2.24, 2.45) is 5.41 Å². The number of carbonyl (C=O) groups excluding carboxylic acids is 1. The summed E-state index contributed by atoms with van der Waals surface area (Å²) in [6, 6.07) is -0.340. The summed E-state index contributed by atoms with van der Waals surface area (Å²) in [4.78, 5) is 13.8. The number of hydrogen-bond acceptors (Lipinski definition) is 2. The summed E-state index contributed by atoms with van der Waals surface area (Å²) < 4.78 is 38.4. The molecule has 0 radical (unpaired) electrons. The van der Waals surface area contributed by atoms with E-state index >= 15 is 0 Å². The van der Waals surface area contributed by atoms with E-state index in [0.29, 0.717) is 38.8 Å². The van der Waals surface area contributed by atoms with Gasteiger partial charge in [0.25, 0.3) is 0 Å². The maximum atomic E-state index is 12.8. The van der Waals surface area contributed by atoms with Crippen molar-refractivity contribution in [1.82, 2.24) is 10.2 Å². The lowest BCUT2D eigenvalue weighted by Gasteiger charge is -2.38. The van der Waals surface area contributed by atoms with Gasteiger partial charge in [-0.05, 0) is 32.2 Å². The van der Waals surface area contributed by atoms with Gasteiger partial charge in [-0.1, -0.05) is 20.8 Å². The molecule has 1 aliphatic heterocycles. The molecule has 0 spiro atoms. The minimum Gasteiger partial charge on any atom is -0.330 e. The Bertz CT molecular complexity index is 321. The molecule has 0 bridgehead atoms. The minimum atomic E-state index is -4.35. The van der Waals surface area contributed by atoms with Gasteiger partial charge in [0.1, 0.15) is 6.54 Å². The van der Waals surface area contributed by atoms with Crippen molar-refractivity contribution in [3.63, 3.8) is 0 Å². The number of carbonyl (C=O) groups is 1. The third-order valence-corrected chi connectivity index (χ3v) is 4.37. The van der Waals surface area contributed by atoms with Gasteiger partial charge in [-0.15, -0.1) is 0 Å². The first-order valence-corrected chi connectivity index (χ1v) is 7.38. The molecule has 1 saturated heterocycles. The van der Waals surface area contributed by atoms with Crippen LogP contribution in [0.15, 0.2) is 0 Å². The van der Waals surface area contributed by atoms with Crippen LogP contribution in [0.1, 0.15) is 46.5 Å². The van der Waals surface area contributed by atoms with Crippen LogP contribution in [0.25, 0.3) is 0 Å². The van der Waals surface area contributed by atoms with Crippen molar-refractivity contribution in [1.29, 1.82) is 0 Å². The number of amides is 1. The largest absolute Gasteiger partial charge is 0.406 e. The first kappa shape index (κ1) is 17.3. The summed E-state index contributed by atoms with van der Waals surface area (Å²) in [5.74, 6) is -0.337. The lowest BCUT2D eigenvalue weighted by molar-refractivity contribution is -0.172. The van der Waals surface area contributed by atoms with Gasteiger partial charge in [0.15, 0.2) is 0 Å². The van der Waals surface area contributed by atoms with Crippen molar-refractivity contribution >= 4 is 5.91 Å². The summed E-state index contributed by atoms with van der Waals surface area (Å²) in [5.41, 5.74) is -0.659. The normalized spacial score (nSPS) is 23.4. The molecule has 1 unspecified atom stereocenters. The second-order valence-electron chi connectivity index (χ2n) is 5.58. The molecule has 0 aromatic carbocycles. The summed E-state index contributed by atoms with van der Waals surface area (Å²) in [7, 11) is 0. The molecule has 20 heavy (non-hydrogen) atoms. The summed E-state index contributed by atoms with van der Waals surface area (Å²) >= 11 is 0. The van der Waals surface area contributed by atoms with Crippen LogP contribution < -0.4 is 5.32 Å². The van der Waals surface area contributed by atoms with E-state index < -0.39 is 18.1 Å². The van der Waals surface area contributed by atoms with Crippen LogP contribution in [-0.4, -0.2) is 42.7 Å². The first-order chi connectivity index (χ1) is 9.29. The van der Waals surface area contributed by atoms with Crippen molar-refractivity contribution in [2.75, 3.05) is 19.6 Å². The Hall–Kier alpha value is -0.780. The molecule has 1 aliphatic rings. The van der Waals surface area contributed by atoms with Crippen LogP contribution in [0.4, 0.5) is 13.2 Å². The Labute approximate surface area is 118 Å². The number of alkyl halides is 3. The van der Waals surface area contributed by atoms with Crippen molar-refractivity contribution in [3.8, 4) is 0 Å². The van der Waals surface area contributed by atoms with E-state index in [1.807, 2.05) is 20.8 Å². The highest BCUT2D eigenvalue weighted by molar-refractivity contribution is 5.83. The predicted molar refractivity (Wildman–Crippen MR) is 72.3 cm³/mol. The topological polar surface area (TPSA) is 32.3 Å². The Morgan fingerprint density at radius 3 is 2.25 bits per heavy atom. The molecule has 1 atom stereocenters. The number of nitrogens with zero attached hydrogens (tertiary/aromatic N) is 1. The van der Waals surface area contributed by atoms with Crippen molar-refractivity contribution < 1.29 is 18.0 Å². The molecule has 1 fully saturated rings. The molecule has 0 aromatic heterocycles. The fourth-order valence-electron chi connectivity index (χ4n) is 2.97. The zero-order chi connectivity index (χ0) is 15.4. The zero-order valence-corrected chi connectivity index (χ0v) is 12.5. The van der Waals surface area contributed by atoms with Crippen LogP contribution >= 0.6 is 0 Å². The third kappa shape index (κ3) is 3.87. The molecular formula is C14H25F3N2O. The highest BCUT2D eigenvalue weighted by Gasteiger charge is 2.46. The smallest absolute Gasteiger partial charge is 0.330 e. The van der Waals surface area contributed by atoms with Gasteiger partial charge < -0.3 is 10.2 Å². The SMILES string of the molecule is CCC(CC)N(CC(F)(F)F)C(=O)C1(CC)CCNC1. The third-order valence-electron chi connectivity index (χ3n) is 4.37. The maximum absolute atomic E-state index is 12.8. The summed E-state index contributed by atoms with van der Waals surface area (Å²) in [5, 5.41) is 3.11.